The van der Waals surface area contributed by atoms with E-state index in [0.717, 1.165) is 30.3 Å². The average Bonchev–Trinajstić information content (AvgIpc) is 3.04. The molecule has 0 aliphatic heterocycles. The van der Waals surface area contributed by atoms with Crippen LogP contribution in [0.4, 0.5) is 17.1 Å². The first-order valence-corrected chi connectivity index (χ1v) is 21.3. The second-order valence-electron chi connectivity index (χ2n) is 17.6. The minimum Gasteiger partial charge on any atom is -0.370 e. The van der Waals surface area contributed by atoms with Gasteiger partial charge in [0.1, 0.15) is 0 Å². The number of aryl methyl sites for hydroxylation is 1. The summed E-state index contributed by atoms with van der Waals surface area (Å²) in [6.07, 6.45) is 2.97. The Morgan fingerprint density at radius 2 is 1.41 bits per heavy atom. The van der Waals surface area contributed by atoms with Gasteiger partial charge in [0.2, 0.25) is 10.0 Å². The molecule has 2 rings (SSSR count). The van der Waals surface area contributed by atoms with Crippen LogP contribution in [0.2, 0.25) is 5.02 Å². The number of nitrogens with zero attached hydrogens (tertiary/aromatic N) is 3. The maximum atomic E-state index is 14.4. The Hall–Kier alpha value is -3.28. The monoisotopic (exact) mass is 787 g/mol. The van der Waals surface area contributed by atoms with Crippen LogP contribution in [0.15, 0.2) is 41.4 Å². The molecular weight excluding hydrogens is 722 g/mol. The largest absolute Gasteiger partial charge is 0.370 e. The van der Waals surface area contributed by atoms with Crippen LogP contribution in [0, 0.1) is 35.0 Å². The third-order valence-electron chi connectivity index (χ3n) is 10.1. The Kier molecular flexibility index (Phi) is 16.5. The summed E-state index contributed by atoms with van der Waals surface area (Å²) in [5.74, 6) is -0.794. The lowest BCUT2D eigenvalue weighted by Gasteiger charge is -2.39. The maximum Gasteiger partial charge on any atom is 0.278 e. The van der Waals surface area contributed by atoms with E-state index in [9.17, 15) is 22.8 Å². The fourth-order valence-corrected chi connectivity index (χ4v) is 7.03. The lowest BCUT2D eigenvalue weighted by Crippen LogP contribution is -2.44. The Balaban J connectivity index is 2.55. The number of hydrogen-bond acceptors (Lipinski definition) is 7. The lowest BCUT2D eigenvalue weighted by molar-refractivity contribution is -0.121. The van der Waals surface area contributed by atoms with Gasteiger partial charge in [0.15, 0.2) is 11.5 Å². The summed E-state index contributed by atoms with van der Waals surface area (Å²) in [5.41, 5.74) is 1.39. The molecule has 0 aliphatic carbocycles. The minimum atomic E-state index is -3.32. The van der Waals surface area contributed by atoms with Gasteiger partial charge in [-0.15, -0.1) is 0 Å². The van der Waals surface area contributed by atoms with E-state index in [1.165, 1.54) is 0 Å². The average molecular weight is 789 g/mol. The number of halogens is 1. The molecule has 2 aromatic rings. The zero-order valence-electron chi connectivity index (χ0n) is 35.2. The number of aliphatic imine (C=N–C) groups is 1. The van der Waals surface area contributed by atoms with Crippen molar-refractivity contribution in [3.63, 3.8) is 0 Å². The highest BCUT2D eigenvalue weighted by Crippen LogP contribution is 2.34. The fraction of sp³-hybridized carbons (Fsp3) is 0.619. The van der Waals surface area contributed by atoms with Gasteiger partial charge in [-0.2, -0.15) is 0 Å². The van der Waals surface area contributed by atoms with E-state index in [0.29, 0.717) is 37.4 Å². The predicted octanol–water partition coefficient (Wildman–Crippen LogP) is 8.94. The number of carbonyl (C=O) groups is 3. The third-order valence-corrected chi connectivity index (χ3v) is 11.1. The third kappa shape index (κ3) is 13.8. The number of hydrogen-bond donors (Lipinski definition) is 2. The summed E-state index contributed by atoms with van der Waals surface area (Å²) in [4.78, 5) is 50.7. The van der Waals surface area contributed by atoms with Crippen LogP contribution in [0.3, 0.4) is 0 Å². The van der Waals surface area contributed by atoms with Crippen LogP contribution in [-0.4, -0.2) is 75.6 Å². The van der Waals surface area contributed by atoms with Crippen molar-refractivity contribution in [3.8, 4) is 0 Å². The summed E-state index contributed by atoms with van der Waals surface area (Å²) in [6.45, 7) is 29.1. The number of carbonyl (C=O) groups excluding carboxylic acids is 3. The van der Waals surface area contributed by atoms with Crippen molar-refractivity contribution >= 4 is 62.0 Å². The number of anilines is 2. The van der Waals surface area contributed by atoms with Crippen LogP contribution >= 0.6 is 11.6 Å². The lowest BCUT2D eigenvalue weighted by atomic mass is 9.77. The van der Waals surface area contributed by atoms with Gasteiger partial charge in [0, 0.05) is 49.4 Å². The van der Waals surface area contributed by atoms with E-state index in [2.05, 4.69) is 70.4 Å². The molecule has 0 radical (unpaired) electrons. The molecule has 302 valence electrons. The molecule has 54 heavy (non-hydrogen) atoms. The number of amides is 2. The summed E-state index contributed by atoms with van der Waals surface area (Å²) >= 11 is 6.63. The van der Waals surface area contributed by atoms with E-state index >= 15 is 0 Å². The van der Waals surface area contributed by atoms with Crippen LogP contribution in [0.25, 0.3) is 0 Å². The number of rotatable bonds is 17. The van der Waals surface area contributed by atoms with Gasteiger partial charge in [0.25, 0.3) is 11.8 Å². The molecule has 0 heterocycles. The van der Waals surface area contributed by atoms with Crippen LogP contribution in [0.1, 0.15) is 112 Å². The molecular formula is C42H66ClN5O5S. The summed E-state index contributed by atoms with van der Waals surface area (Å²) < 4.78 is 25.6. The van der Waals surface area contributed by atoms with E-state index in [4.69, 9.17) is 11.6 Å². The van der Waals surface area contributed by atoms with Crippen molar-refractivity contribution in [2.45, 2.75) is 103 Å². The molecule has 2 unspecified atom stereocenters. The zero-order chi connectivity index (χ0) is 41.4. The Labute approximate surface area is 331 Å². The van der Waals surface area contributed by atoms with Gasteiger partial charge in [0.05, 0.1) is 22.7 Å². The fourth-order valence-electron chi connectivity index (χ4n) is 6.40. The first-order chi connectivity index (χ1) is 24.7. The number of ketones is 1. The van der Waals surface area contributed by atoms with Crippen LogP contribution in [0.5, 0.6) is 0 Å². The number of benzene rings is 2. The van der Waals surface area contributed by atoms with Gasteiger partial charge in [-0.1, -0.05) is 101 Å². The smallest absolute Gasteiger partial charge is 0.278 e. The van der Waals surface area contributed by atoms with Gasteiger partial charge >= 0.3 is 0 Å². The Bertz CT molecular complexity index is 1750. The second kappa shape index (κ2) is 19.0. The number of sulfonamides is 1. The first kappa shape index (κ1) is 46.9. The van der Waals surface area contributed by atoms with Crippen LogP contribution in [-0.2, 0) is 19.6 Å². The molecule has 0 bridgehead atoms. The molecule has 0 saturated carbocycles. The maximum absolute atomic E-state index is 14.4. The van der Waals surface area contributed by atoms with Crippen molar-refractivity contribution in [1.82, 2.24) is 9.62 Å². The normalized spacial score (nSPS) is 14.0. The molecule has 2 amide bonds. The van der Waals surface area contributed by atoms with E-state index in [-0.39, 0.29) is 51.5 Å². The van der Waals surface area contributed by atoms with Crippen molar-refractivity contribution in [2.24, 2.45) is 33.1 Å². The molecule has 0 spiro atoms. The minimum absolute atomic E-state index is 0.00324. The van der Waals surface area contributed by atoms with Crippen molar-refractivity contribution in [2.75, 3.05) is 49.2 Å². The van der Waals surface area contributed by atoms with Gasteiger partial charge in [-0.3, -0.25) is 14.4 Å². The molecule has 0 fully saturated rings. The van der Waals surface area contributed by atoms with Crippen molar-refractivity contribution in [1.29, 1.82) is 0 Å². The number of likely N-dealkylation sites (N-methyl/N-ethyl adjacent to an activating group) is 1. The molecule has 2 aromatic carbocycles. The topological polar surface area (TPSA) is 128 Å². The molecule has 2 N–H and O–H groups in total. The van der Waals surface area contributed by atoms with Gasteiger partial charge in [-0.05, 0) is 78.5 Å². The second-order valence-corrected chi connectivity index (χ2v) is 19.8. The molecule has 0 saturated heterocycles. The van der Waals surface area contributed by atoms with Crippen molar-refractivity contribution in [3.05, 3.63) is 52.5 Å². The zero-order valence-corrected chi connectivity index (χ0v) is 36.8. The van der Waals surface area contributed by atoms with E-state index in [1.54, 1.807) is 45.0 Å². The van der Waals surface area contributed by atoms with Crippen LogP contribution < -0.4 is 14.9 Å². The SMILES string of the molecule is CCC(CN(CC(CC)C(C)(C)C)C(=O)c1ccc(Cl)c(NC(=O)C(=Nc2ccc(N(CC)CCNS(C)(=O)=O)cc2C)C(=O)C(C)(C)C)c1)C(C)(C)C. The number of nitrogens with one attached hydrogen (secondary N) is 2. The first-order valence-electron chi connectivity index (χ1n) is 19.1. The number of Topliss-reactive ketones (excluding diaryl/α,β-unsaturated/α-hetero) is 1. The highest BCUT2D eigenvalue weighted by atomic mass is 35.5. The van der Waals surface area contributed by atoms with Crippen molar-refractivity contribution < 1.29 is 22.8 Å². The quantitative estimate of drug-likeness (QED) is 0.122. The molecule has 2 atom stereocenters. The summed E-state index contributed by atoms with van der Waals surface area (Å²) in [5, 5.41) is 3.03. The Morgan fingerprint density at radius 1 is 0.852 bits per heavy atom. The summed E-state index contributed by atoms with van der Waals surface area (Å²) in [6, 6.07) is 10.3. The summed E-state index contributed by atoms with van der Waals surface area (Å²) in [7, 11) is -3.32. The molecule has 0 aromatic heterocycles. The molecule has 12 heteroatoms. The van der Waals surface area contributed by atoms with Gasteiger partial charge < -0.3 is 15.1 Å². The highest BCUT2D eigenvalue weighted by Gasteiger charge is 2.34. The predicted molar refractivity (Wildman–Crippen MR) is 226 cm³/mol. The van der Waals surface area contributed by atoms with E-state index < -0.39 is 27.1 Å². The Morgan fingerprint density at radius 3 is 1.85 bits per heavy atom. The highest BCUT2D eigenvalue weighted by molar-refractivity contribution is 7.88. The van der Waals surface area contributed by atoms with Gasteiger partial charge in [-0.25, -0.2) is 18.1 Å². The molecule has 0 aliphatic rings. The standard InChI is InChI=1S/C42H66ClN5O5S/c1-15-30(40(5,6)7)26-48(27-31(16-2)41(8,9)10)39(51)29-18-20-33(43)35(25-29)46-38(50)36(37(49)42(11,12)13)45-34-21-19-32(24-28(34)4)47(17-3)23-22-44-54(14,52)53/h18-21,24-25,30-31,44H,15-17,22-23,26-27H2,1-14H3,(H,46,50). The molecule has 10 nitrogen and oxygen atoms in total. The van der Waals surface area contributed by atoms with E-state index in [1.807, 2.05) is 35.8 Å².